The molecule has 0 unspecified atom stereocenters. The van der Waals surface area contributed by atoms with Crippen LogP contribution in [0.4, 0.5) is 5.69 Å². The summed E-state index contributed by atoms with van der Waals surface area (Å²) in [6.45, 7) is 2.83. The average molecular weight is 375 g/mol. The molecule has 0 atom stereocenters. The third-order valence-corrected chi connectivity index (χ3v) is 5.49. The number of carbonyl (C=O) groups excluding carboxylic acids is 1. The summed E-state index contributed by atoms with van der Waals surface area (Å²) in [5, 5.41) is 1.90. The van der Waals surface area contributed by atoms with Gasteiger partial charge in [0.15, 0.2) is 5.17 Å². The molecule has 3 aromatic rings. The molecule has 4 rings (SSSR count). The van der Waals surface area contributed by atoms with Crippen LogP contribution in [-0.4, -0.2) is 27.5 Å². The number of benzene rings is 2. The van der Waals surface area contributed by atoms with Crippen molar-refractivity contribution in [3.05, 3.63) is 71.3 Å². The maximum absolute atomic E-state index is 13.0. The number of carbonyl (C=O) groups is 1. The van der Waals surface area contributed by atoms with E-state index in [-0.39, 0.29) is 5.91 Å². The van der Waals surface area contributed by atoms with Crippen LogP contribution in [0.1, 0.15) is 25.3 Å². The van der Waals surface area contributed by atoms with Gasteiger partial charge in [0.1, 0.15) is 0 Å². The largest absolute Gasteiger partial charge is 0.361 e. The summed E-state index contributed by atoms with van der Waals surface area (Å²) in [4.78, 5) is 23.4. The quantitative estimate of drug-likeness (QED) is 0.593. The molecule has 0 spiro atoms. The van der Waals surface area contributed by atoms with Crippen LogP contribution in [0.15, 0.2) is 70.7 Å². The van der Waals surface area contributed by atoms with Crippen LogP contribution in [0, 0.1) is 0 Å². The minimum absolute atomic E-state index is 0.0392. The van der Waals surface area contributed by atoms with E-state index in [1.165, 1.54) is 11.8 Å². The number of nitrogens with one attached hydrogen (secondary N) is 1. The fraction of sp³-hybridized carbons (Fsp3) is 0.182. The Labute approximate surface area is 163 Å². The zero-order valence-electron chi connectivity index (χ0n) is 15.2. The van der Waals surface area contributed by atoms with Gasteiger partial charge in [0.05, 0.1) is 10.6 Å². The summed E-state index contributed by atoms with van der Waals surface area (Å²) in [5.74, 6) is 0.0392. The number of thioether (sulfide) groups is 1. The fourth-order valence-electron chi connectivity index (χ4n) is 3.03. The van der Waals surface area contributed by atoms with E-state index in [1.807, 2.05) is 65.7 Å². The number of fused-ring (bicyclic) bond motifs is 1. The standard InChI is InChI=1S/C22H21N3OS/c1-2-3-13-25-21(26)20(27-22(25)24-18-7-5-4-6-8-18)15-16-9-10-19-17(14-16)11-12-23-19/h4-12,14-15,23H,2-3,13H2,1H3/b20-15-,24-22-. The average Bonchev–Trinajstić information content (AvgIpc) is 3.26. The second kappa shape index (κ2) is 7.84. The van der Waals surface area contributed by atoms with Crippen molar-refractivity contribution in [3.8, 4) is 0 Å². The number of rotatable bonds is 5. The van der Waals surface area contributed by atoms with Gasteiger partial charge in [-0.3, -0.25) is 9.69 Å². The Morgan fingerprint density at radius 1 is 1.15 bits per heavy atom. The third kappa shape index (κ3) is 3.83. The predicted molar refractivity (Wildman–Crippen MR) is 114 cm³/mol. The first kappa shape index (κ1) is 17.6. The van der Waals surface area contributed by atoms with Gasteiger partial charge in [0.25, 0.3) is 5.91 Å². The fourth-order valence-corrected chi connectivity index (χ4v) is 4.06. The lowest BCUT2D eigenvalue weighted by Crippen LogP contribution is -2.30. The molecule has 5 heteroatoms. The number of amidine groups is 1. The van der Waals surface area contributed by atoms with Crippen molar-refractivity contribution in [2.45, 2.75) is 19.8 Å². The number of aliphatic imine (C=N–C) groups is 1. The molecule has 1 N–H and O–H groups in total. The SMILES string of the molecule is CCCCN1C(=O)/C(=C/c2ccc3[nH]ccc3c2)S/C1=N\c1ccccc1. The molecule has 2 heterocycles. The molecule has 1 fully saturated rings. The van der Waals surface area contributed by atoms with Gasteiger partial charge in [-0.15, -0.1) is 0 Å². The lowest BCUT2D eigenvalue weighted by molar-refractivity contribution is -0.122. The molecule has 1 aliphatic rings. The zero-order chi connectivity index (χ0) is 18.6. The number of hydrogen-bond acceptors (Lipinski definition) is 3. The number of hydrogen-bond donors (Lipinski definition) is 1. The highest BCUT2D eigenvalue weighted by Gasteiger charge is 2.32. The van der Waals surface area contributed by atoms with Gasteiger partial charge in [-0.25, -0.2) is 4.99 Å². The van der Waals surface area contributed by atoms with Crippen molar-refractivity contribution in [2.75, 3.05) is 6.54 Å². The molecule has 1 amide bonds. The van der Waals surface area contributed by atoms with Crippen molar-refractivity contribution in [1.29, 1.82) is 0 Å². The number of aromatic nitrogens is 1. The maximum Gasteiger partial charge on any atom is 0.266 e. The normalized spacial score (nSPS) is 17.5. The van der Waals surface area contributed by atoms with Crippen LogP contribution >= 0.6 is 11.8 Å². The third-order valence-electron chi connectivity index (χ3n) is 4.48. The molecule has 0 radical (unpaired) electrons. The first-order valence-corrected chi connectivity index (χ1v) is 9.98. The Morgan fingerprint density at radius 3 is 2.81 bits per heavy atom. The number of H-pyrrole nitrogens is 1. The summed E-state index contributed by atoms with van der Waals surface area (Å²) in [5.41, 5.74) is 2.98. The van der Waals surface area contributed by atoms with Gasteiger partial charge < -0.3 is 4.98 Å². The minimum Gasteiger partial charge on any atom is -0.361 e. The molecule has 0 aliphatic carbocycles. The van der Waals surface area contributed by atoms with Crippen molar-refractivity contribution in [3.63, 3.8) is 0 Å². The summed E-state index contributed by atoms with van der Waals surface area (Å²) >= 11 is 1.45. The minimum atomic E-state index is 0.0392. The Balaban J connectivity index is 1.67. The van der Waals surface area contributed by atoms with Gasteiger partial charge in [0, 0.05) is 18.3 Å². The summed E-state index contributed by atoms with van der Waals surface area (Å²) in [6, 6.07) is 18.0. The Hall–Kier alpha value is -2.79. The van der Waals surface area contributed by atoms with Crippen molar-refractivity contribution in [1.82, 2.24) is 9.88 Å². The van der Waals surface area contributed by atoms with Gasteiger partial charge in [-0.1, -0.05) is 37.6 Å². The number of aromatic amines is 1. The Kier molecular flexibility index (Phi) is 5.12. The van der Waals surface area contributed by atoms with Crippen LogP contribution in [0.2, 0.25) is 0 Å². The summed E-state index contributed by atoms with van der Waals surface area (Å²) < 4.78 is 0. The second-order valence-electron chi connectivity index (χ2n) is 6.48. The van der Waals surface area contributed by atoms with Crippen LogP contribution < -0.4 is 0 Å². The van der Waals surface area contributed by atoms with Crippen LogP contribution in [-0.2, 0) is 4.79 Å². The van der Waals surface area contributed by atoms with E-state index in [4.69, 9.17) is 4.99 Å². The van der Waals surface area contributed by atoms with Crippen molar-refractivity contribution < 1.29 is 4.79 Å². The highest BCUT2D eigenvalue weighted by molar-refractivity contribution is 8.18. The summed E-state index contributed by atoms with van der Waals surface area (Å²) in [7, 11) is 0. The molecule has 136 valence electrons. The molecule has 0 saturated carbocycles. The highest BCUT2D eigenvalue weighted by Crippen LogP contribution is 2.34. The van der Waals surface area contributed by atoms with Gasteiger partial charge in [-0.05, 0) is 65.5 Å². The smallest absolute Gasteiger partial charge is 0.266 e. The molecular formula is C22H21N3OS. The van der Waals surface area contributed by atoms with E-state index in [0.29, 0.717) is 6.54 Å². The highest BCUT2D eigenvalue weighted by atomic mass is 32.2. The first-order valence-electron chi connectivity index (χ1n) is 9.17. The van der Waals surface area contributed by atoms with Crippen molar-refractivity contribution >= 4 is 45.5 Å². The Bertz CT molecular complexity index is 1020. The summed E-state index contributed by atoms with van der Waals surface area (Å²) in [6.07, 6.45) is 5.89. The van der Waals surface area contributed by atoms with Gasteiger partial charge in [-0.2, -0.15) is 0 Å². The van der Waals surface area contributed by atoms with Crippen molar-refractivity contribution in [2.24, 2.45) is 4.99 Å². The number of unbranched alkanes of at least 4 members (excludes halogenated alkanes) is 1. The van der Waals surface area contributed by atoms with Gasteiger partial charge in [0.2, 0.25) is 0 Å². The monoisotopic (exact) mass is 375 g/mol. The molecule has 1 aromatic heterocycles. The molecule has 27 heavy (non-hydrogen) atoms. The van der Waals surface area contributed by atoms with Crippen LogP contribution in [0.25, 0.3) is 17.0 Å². The van der Waals surface area contributed by atoms with Crippen LogP contribution in [0.5, 0.6) is 0 Å². The van der Waals surface area contributed by atoms with E-state index in [1.54, 1.807) is 0 Å². The molecule has 1 aliphatic heterocycles. The second-order valence-corrected chi connectivity index (χ2v) is 7.48. The molecule has 1 saturated heterocycles. The zero-order valence-corrected chi connectivity index (χ0v) is 16.0. The lowest BCUT2D eigenvalue weighted by atomic mass is 10.1. The van der Waals surface area contributed by atoms with E-state index >= 15 is 0 Å². The number of amides is 1. The van der Waals surface area contributed by atoms with Gasteiger partial charge >= 0.3 is 0 Å². The number of nitrogens with zero attached hydrogens (tertiary/aromatic N) is 2. The predicted octanol–water partition coefficient (Wildman–Crippen LogP) is 5.57. The van der Waals surface area contributed by atoms with E-state index in [0.717, 1.165) is 45.1 Å². The molecular weight excluding hydrogens is 354 g/mol. The van der Waals surface area contributed by atoms with E-state index < -0.39 is 0 Å². The maximum atomic E-state index is 13.0. The number of para-hydroxylation sites is 1. The molecule has 0 bridgehead atoms. The van der Waals surface area contributed by atoms with E-state index in [2.05, 4.69) is 18.0 Å². The van der Waals surface area contributed by atoms with Crippen LogP contribution in [0.3, 0.4) is 0 Å². The topological polar surface area (TPSA) is 48.5 Å². The molecule has 2 aromatic carbocycles. The lowest BCUT2D eigenvalue weighted by Gasteiger charge is -2.14. The Morgan fingerprint density at radius 2 is 2.00 bits per heavy atom. The first-order chi connectivity index (χ1) is 13.2. The molecule has 4 nitrogen and oxygen atoms in total. The van der Waals surface area contributed by atoms with E-state index in [9.17, 15) is 4.79 Å².